The van der Waals surface area contributed by atoms with Crippen LogP contribution in [0.2, 0.25) is 0 Å². The molecule has 0 saturated heterocycles. The van der Waals surface area contributed by atoms with Crippen molar-refractivity contribution >= 4 is 74.3 Å². The third kappa shape index (κ3) is 8.66. The summed E-state index contributed by atoms with van der Waals surface area (Å²) >= 11 is 0. The minimum Gasteiger partial charge on any atom is -0.311 e. The first-order valence-corrected chi connectivity index (χ1v) is 30.6. The topological polar surface area (TPSA) is 9.72 Å². The number of hydrogen-bond donors (Lipinski definition) is 0. The maximum absolute atomic E-state index is 2.69. The number of fused-ring (bicyclic) bond motifs is 7. The van der Waals surface area contributed by atoms with E-state index in [1.165, 1.54) is 106 Å². The summed E-state index contributed by atoms with van der Waals surface area (Å²) in [5, 5.41) is 0. The molecular formula is C79H84BN3. The highest BCUT2D eigenvalue weighted by Gasteiger charge is 2.49. The van der Waals surface area contributed by atoms with Crippen molar-refractivity contribution in [3.05, 3.63) is 238 Å². The van der Waals surface area contributed by atoms with Crippen molar-refractivity contribution in [3.63, 3.8) is 0 Å². The SMILES string of the molecule is CC(C)(C)c1ccc(N(c2ccc(C(C)(C)C)cc2)c2cc3c4c(c2)N(c2ccccc2-c2ccccc2)c2cc5c(cc2B4c2cc(C(C)(C)C)ccc2N3c2ccc3c(c2)C(C)(C)CC3(C)C)C(C)(C)c2ccccc2C5(C)C)cc1. The lowest BCUT2D eigenvalue weighted by Gasteiger charge is -2.48. The Kier molecular flexibility index (Phi) is 12.2. The summed E-state index contributed by atoms with van der Waals surface area (Å²) in [7, 11) is 0. The Morgan fingerprint density at radius 2 is 0.855 bits per heavy atom. The van der Waals surface area contributed by atoms with Gasteiger partial charge in [0.15, 0.2) is 0 Å². The van der Waals surface area contributed by atoms with Crippen molar-refractivity contribution in [2.75, 3.05) is 14.7 Å². The fourth-order valence-electron chi connectivity index (χ4n) is 15.4. The molecule has 9 aromatic carbocycles. The van der Waals surface area contributed by atoms with E-state index >= 15 is 0 Å². The van der Waals surface area contributed by atoms with Crippen molar-refractivity contribution in [2.24, 2.45) is 0 Å². The predicted molar refractivity (Wildman–Crippen MR) is 358 cm³/mol. The van der Waals surface area contributed by atoms with Crippen LogP contribution in [0.3, 0.4) is 0 Å². The molecule has 0 aromatic heterocycles. The molecule has 0 N–H and O–H groups in total. The smallest absolute Gasteiger partial charge is 0.252 e. The van der Waals surface area contributed by atoms with Crippen LogP contribution >= 0.6 is 0 Å². The monoisotopic (exact) mass is 1090 g/mol. The lowest BCUT2D eigenvalue weighted by Crippen LogP contribution is -2.62. The fraction of sp³-hybridized carbons (Fsp3) is 0.316. The number of para-hydroxylation sites is 1. The van der Waals surface area contributed by atoms with Crippen LogP contribution in [0.4, 0.5) is 51.2 Å². The molecule has 4 heteroatoms. The summed E-state index contributed by atoms with van der Waals surface area (Å²) in [4.78, 5) is 7.89. The number of benzene rings is 9. The van der Waals surface area contributed by atoms with E-state index in [0.717, 1.165) is 29.2 Å². The van der Waals surface area contributed by atoms with Gasteiger partial charge in [0.2, 0.25) is 0 Å². The molecule has 0 unspecified atom stereocenters. The van der Waals surface area contributed by atoms with E-state index in [-0.39, 0.29) is 44.6 Å². The summed E-state index contributed by atoms with van der Waals surface area (Å²) < 4.78 is 0. The van der Waals surface area contributed by atoms with E-state index in [2.05, 4.69) is 320 Å². The summed E-state index contributed by atoms with van der Waals surface area (Å²) in [5.41, 5.74) is 28.8. The van der Waals surface area contributed by atoms with Crippen LogP contribution < -0.4 is 31.1 Å². The van der Waals surface area contributed by atoms with Crippen LogP contribution in [0.1, 0.15) is 174 Å². The minimum atomic E-state index is -0.278. The first-order chi connectivity index (χ1) is 39.1. The number of rotatable bonds is 6. The molecule has 9 aromatic rings. The van der Waals surface area contributed by atoms with Gasteiger partial charge in [-0.15, -0.1) is 0 Å². The molecule has 4 aliphatic rings. The molecule has 0 amide bonds. The standard InChI is InChI=1S/C79H84BN3/c1-73(2,3)51-31-36-54(37-32-51)81(55-38-33-52(34-39-55)74(4,5)6)57-45-70-72-71(46-57)83(67-30-24-21-27-58(67)50-25-19-18-20-26-50)69-48-64-63(78(14,15)60-28-22-23-29-61(60)79(64,16)17)47-66(69)80(72)65-43-53(75(7,8)9)35-42-68(65)82(70)56-40-41-59-62(44-56)77(12,13)49-76(59,10)11/h18-48H,49H2,1-17H3. The van der Waals surface area contributed by atoms with E-state index in [4.69, 9.17) is 0 Å². The predicted octanol–water partition coefficient (Wildman–Crippen LogP) is 19.7. The van der Waals surface area contributed by atoms with E-state index in [0.29, 0.717) is 0 Å². The third-order valence-electron chi connectivity index (χ3n) is 19.8. The maximum atomic E-state index is 2.69. The zero-order valence-corrected chi connectivity index (χ0v) is 52.5. The van der Waals surface area contributed by atoms with Gasteiger partial charge in [-0.05, 0) is 172 Å². The summed E-state index contributed by atoms with van der Waals surface area (Å²) in [6.45, 7) is 40.5. The molecule has 3 nitrogen and oxygen atoms in total. The summed E-state index contributed by atoms with van der Waals surface area (Å²) in [6.07, 6.45) is 1.10. The van der Waals surface area contributed by atoms with Gasteiger partial charge in [-0.2, -0.15) is 0 Å². The average Bonchev–Trinajstić information content (AvgIpc) is 1.30. The maximum Gasteiger partial charge on any atom is 0.252 e. The fourth-order valence-corrected chi connectivity index (χ4v) is 15.4. The van der Waals surface area contributed by atoms with Crippen LogP contribution in [-0.4, -0.2) is 6.71 Å². The Bertz CT molecular complexity index is 4000. The Hall–Kier alpha value is -7.56. The lowest BCUT2D eigenvalue weighted by molar-refractivity contribution is 0.403. The Labute approximate surface area is 497 Å². The highest BCUT2D eigenvalue weighted by atomic mass is 15.2. The number of nitrogens with zero attached hydrogens (tertiary/aromatic N) is 3. The molecule has 13 rings (SSSR count). The van der Waals surface area contributed by atoms with Crippen molar-refractivity contribution < 1.29 is 0 Å². The van der Waals surface area contributed by atoms with Crippen molar-refractivity contribution in [3.8, 4) is 11.1 Å². The van der Waals surface area contributed by atoms with E-state index in [1.54, 1.807) is 0 Å². The van der Waals surface area contributed by atoms with Crippen molar-refractivity contribution in [1.82, 2.24) is 0 Å². The first kappa shape index (κ1) is 54.7. The molecule has 0 bridgehead atoms. The third-order valence-corrected chi connectivity index (χ3v) is 19.8. The first-order valence-electron chi connectivity index (χ1n) is 30.6. The second-order valence-corrected chi connectivity index (χ2v) is 30.3. The van der Waals surface area contributed by atoms with Gasteiger partial charge in [0.25, 0.3) is 6.71 Å². The van der Waals surface area contributed by atoms with Crippen LogP contribution in [0.5, 0.6) is 0 Å². The summed E-state index contributed by atoms with van der Waals surface area (Å²) in [5.74, 6) is 0. The van der Waals surface area contributed by atoms with E-state index in [1.807, 2.05) is 0 Å². The molecule has 2 aliphatic heterocycles. The minimum absolute atomic E-state index is 0.00221. The van der Waals surface area contributed by atoms with Gasteiger partial charge in [-0.1, -0.05) is 239 Å². The lowest BCUT2D eigenvalue weighted by atomic mass is 9.33. The Morgan fingerprint density at radius 3 is 1.43 bits per heavy atom. The second kappa shape index (κ2) is 18.5. The van der Waals surface area contributed by atoms with Crippen LogP contribution in [0.25, 0.3) is 11.1 Å². The van der Waals surface area contributed by atoms with E-state index < -0.39 is 0 Å². The quantitative estimate of drug-likeness (QED) is 0.154. The zero-order valence-electron chi connectivity index (χ0n) is 52.5. The van der Waals surface area contributed by atoms with E-state index in [9.17, 15) is 0 Å². The molecule has 0 spiro atoms. The van der Waals surface area contributed by atoms with Gasteiger partial charge in [-0.25, -0.2) is 0 Å². The summed E-state index contributed by atoms with van der Waals surface area (Å²) in [6, 6.07) is 73.6. The largest absolute Gasteiger partial charge is 0.311 e. The molecule has 0 saturated carbocycles. The molecule has 83 heavy (non-hydrogen) atoms. The van der Waals surface area contributed by atoms with Gasteiger partial charge in [-0.3, -0.25) is 0 Å². The van der Waals surface area contributed by atoms with Gasteiger partial charge < -0.3 is 14.7 Å². The van der Waals surface area contributed by atoms with Crippen LogP contribution in [0.15, 0.2) is 188 Å². The molecule has 0 atom stereocenters. The number of hydrogen-bond acceptors (Lipinski definition) is 3. The van der Waals surface area contributed by atoms with Gasteiger partial charge >= 0.3 is 0 Å². The highest BCUT2D eigenvalue weighted by molar-refractivity contribution is 7.00. The van der Waals surface area contributed by atoms with Gasteiger partial charge in [0, 0.05) is 56.2 Å². The second-order valence-electron chi connectivity index (χ2n) is 30.3. The average molecular weight is 1090 g/mol. The van der Waals surface area contributed by atoms with Crippen molar-refractivity contribution in [1.29, 1.82) is 0 Å². The van der Waals surface area contributed by atoms with Crippen LogP contribution in [0, 0.1) is 0 Å². The Balaban J connectivity index is 1.20. The highest BCUT2D eigenvalue weighted by Crippen LogP contribution is 2.56. The zero-order chi connectivity index (χ0) is 58.7. The number of anilines is 9. The van der Waals surface area contributed by atoms with Crippen molar-refractivity contribution in [2.45, 2.75) is 162 Å². The normalized spacial score (nSPS) is 16.8. The molecule has 0 radical (unpaired) electrons. The Morgan fingerprint density at radius 1 is 0.361 bits per heavy atom. The molecule has 2 aliphatic carbocycles. The molecule has 0 fully saturated rings. The van der Waals surface area contributed by atoms with Gasteiger partial charge in [0.1, 0.15) is 0 Å². The molecular weight excluding hydrogens is 1000 g/mol. The van der Waals surface area contributed by atoms with Gasteiger partial charge in [0.05, 0.1) is 11.4 Å². The molecule has 2 heterocycles. The molecule has 418 valence electrons. The van der Waals surface area contributed by atoms with Crippen LogP contribution in [-0.2, 0) is 37.9 Å².